The van der Waals surface area contributed by atoms with Gasteiger partial charge in [0.05, 0.1) is 6.10 Å². The van der Waals surface area contributed by atoms with Crippen LogP contribution in [0.1, 0.15) is 12.8 Å². The van der Waals surface area contributed by atoms with Crippen LogP contribution in [0.15, 0.2) is 0 Å². The summed E-state index contributed by atoms with van der Waals surface area (Å²) in [4.78, 5) is 25.7. The van der Waals surface area contributed by atoms with Crippen molar-refractivity contribution in [2.24, 2.45) is 0 Å². The Morgan fingerprint density at radius 1 is 1.44 bits per heavy atom. The topological polar surface area (TPSA) is 81.1 Å². The Balaban J connectivity index is 2.56. The lowest BCUT2D eigenvalue weighted by atomic mass is 10.2. The molecule has 0 bridgehead atoms. The Hall–Kier alpha value is -1.14. The molecule has 0 saturated carbocycles. The molecule has 0 aromatic heterocycles. The van der Waals surface area contributed by atoms with Gasteiger partial charge in [0.25, 0.3) is 0 Å². The van der Waals surface area contributed by atoms with Crippen LogP contribution in [0, 0.1) is 0 Å². The average Bonchev–Trinajstić information content (AvgIpc) is 2.56. The highest BCUT2D eigenvalue weighted by atomic mass is 16.4. The molecule has 0 aromatic carbocycles. The van der Waals surface area contributed by atoms with Crippen LogP contribution in [0.3, 0.4) is 0 Å². The van der Waals surface area contributed by atoms with Crippen LogP contribution < -0.4 is 0 Å². The van der Waals surface area contributed by atoms with E-state index in [1.54, 1.807) is 0 Å². The van der Waals surface area contributed by atoms with Gasteiger partial charge in [0.2, 0.25) is 5.91 Å². The number of β-amino-alcohol motifs (C(OH)–C–C–N with tert-alkyl or cyclic N) is 1. The summed E-state index contributed by atoms with van der Waals surface area (Å²) in [6, 6.07) is -0.871. The van der Waals surface area contributed by atoms with Crippen molar-refractivity contribution in [3.63, 3.8) is 0 Å². The van der Waals surface area contributed by atoms with E-state index in [1.807, 2.05) is 19.0 Å². The number of aliphatic hydroxyl groups is 1. The normalized spacial score (nSPS) is 25.1. The molecule has 92 valence electrons. The summed E-state index contributed by atoms with van der Waals surface area (Å²) in [5, 5.41) is 18.3. The number of hydrogen-bond acceptors (Lipinski definition) is 4. The molecule has 0 aliphatic carbocycles. The third-order valence-electron chi connectivity index (χ3n) is 2.66. The lowest BCUT2D eigenvalue weighted by Crippen LogP contribution is -2.41. The van der Waals surface area contributed by atoms with Gasteiger partial charge < -0.3 is 20.0 Å². The van der Waals surface area contributed by atoms with Gasteiger partial charge in [0, 0.05) is 25.9 Å². The highest BCUT2D eigenvalue weighted by Gasteiger charge is 2.38. The number of hydrogen-bond donors (Lipinski definition) is 2. The van der Waals surface area contributed by atoms with E-state index < -0.39 is 18.1 Å². The fraction of sp³-hybridized carbons (Fsp3) is 0.800. The van der Waals surface area contributed by atoms with Gasteiger partial charge in [-0.25, -0.2) is 4.79 Å². The van der Waals surface area contributed by atoms with Crippen LogP contribution in [0.25, 0.3) is 0 Å². The first-order valence-electron chi connectivity index (χ1n) is 5.27. The molecule has 1 aliphatic heterocycles. The summed E-state index contributed by atoms with van der Waals surface area (Å²) < 4.78 is 0. The van der Waals surface area contributed by atoms with Crippen LogP contribution in [-0.2, 0) is 9.59 Å². The zero-order valence-electron chi connectivity index (χ0n) is 9.59. The Kier molecular flexibility index (Phi) is 4.26. The van der Waals surface area contributed by atoms with Gasteiger partial charge >= 0.3 is 5.97 Å². The molecule has 2 atom stereocenters. The second-order valence-corrected chi connectivity index (χ2v) is 4.34. The van der Waals surface area contributed by atoms with Crippen LogP contribution in [-0.4, -0.2) is 71.2 Å². The Labute approximate surface area is 94.4 Å². The van der Waals surface area contributed by atoms with E-state index in [0.717, 1.165) is 0 Å². The van der Waals surface area contributed by atoms with Crippen LogP contribution in [0.2, 0.25) is 0 Å². The summed E-state index contributed by atoms with van der Waals surface area (Å²) in [5.74, 6) is -1.26. The number of likely N-dealkylation sites (tertiary alicyclic amines) is 1. The minimum atomic E-state index is -1.05. The van der Waals surface area contributed by atoms with Gasteiger partial charge in [-0.05, 0) is 14.1 Å². The third kappa shape index (κ3) is 3.18. The summed E-state index contributed by atoms with van der Waals surface area (Å²) in [6.07, 6.45) is -0.309. The Morgan fingerprint density at radius 3 is 2.56 bits per heavy atom. The third-order valence-corrected chi connectivity index (χ3v) is 2.66. The minimum absolute atomic E-state index is 0.128. The quantitative estimate of drug-likeness (QED) is 0.646. The molecule has 1 fully saturated rings. The smallest absolute Gasteiger partial charge is 0.326 e. The van der Waals surface area contributed by atoms with E-state index in [9.17, 15) is 14.7 Å². The molecular formula is C10H18N2O4. The highest BCUT2D eigenvalue weighted by molar-refractivity contribution is 5.84. The molecule has 1 amide bonds. The summed E-state index contributed by atoms with van der Waals surface area (Å²) in [7, 11) is 3.70. The maximum absolute atomic E-state index is 11.7. The number of carboxylic acid groups (broad SMARTS) is 1. The second kappa shape index (κ2) is 5.27. The van der Waals surface area contributed by atoms with Gasteiger partial charge in [0.1, 0.15) is 6.04 Å². The zero-order valence-corrected chi connectivity index (χ0v) is 9.59. The van der Waals surface area contributed by atoms with Crippen molar-refractivity contribution in [1.82, 2.24) is 9.80 Å². The fourth-order valence-corrected chi connectivity index (χ4v) is 1.79. The Bertz CT molecular complexity index is 280. The largest absolute Gasteiger partial charge is 0.480 e. The molecule has 16 heavy (non-hydrogen) atoms. The van der Waals surface area contributed by atoms with Crippen molar-refractivity contribution in [3.8, 4) is 0 Å². The average molecular weight is 230 g/mol. The van der Waals surface area contributed by atoms with Gasteiger partial charge in [-0.1, -0.05) is 0 Å². The van der Waals surface area contributed by atoms with Gasteiger partial charge in [-0.15, -0.1) is 0 Å². The molecule has 6 nitrogen and oxygen atoms in total. The predicted molar refractivity (Wildman–Crippen MR) is 56.9 cm³/mol. The molecule has 1 aliphatic rings. The molecule has 6 heteroatoms. The second-order valence-electron chi connectivity index (χ2n) is 4.34. The minimum Gasteiger partial charge on any atom is -0.480 e. The number of nitrogens with zero attached hydrogens (tertiary/aromatic N) is 2. The van der Waals surface area contributed by atoms with Crippen molar-refractivity contribution in [1.29, 1.82) is 0 Å². The van der Waals surface area contributed by atoms with E-state index in [1.165, 1.54) is 4.90 Å². The maximum Gasteiger partial charge on any atom is 0.326 e. The highest BCUT2D eigenvalue weighted by Crippen LogP contribution is 2.19. The van der Waals surface area contributed by atoms with Crippen molar-refractivity contribution >= 4 is 11.9 Å². The number of aliphatic carboxylic acids is 1. The number of amides is 1. The fourth-order valence-electron chi connectivity index (χ4n) is 1.79. The number of aliphatic hydroxyl groups excluding tert-OH is 1. The number of carbonyl (C=O) groups excluding carboxylic acids is 1. The van der Waals surface area contributed by atoms with Crippen molar-refractivity contribution in [2.45, 2.75) is 25.0 Å². The first-order valence-corrected chi connectivity index (χ1v) is 5.27. The van der Waals surface area contributed by atoms with Crippen molar-refractivity contribution in [3.05, 3.63) is 0 Å². The van der Waals surface area contributed by atoms with E-state index in [0.29, 0.717) is 6.54 Å². The maximum atomic E-state index is 11.7. The number of carbonyl (C=O) groups is 2. The molecule has 1 heterocycles. The lowest BCUT2D eigenvalue weighted by molar-refractivity contribution is -0.148. The molecule has 2 N–H and O–H groups in total. The van der Waals surface area contributed by atoms with E-state index in [2.05, 4.69) is 0 Å². The number of carboxylic acids is 1. The first kappa shape index (κ1) is 12.9. The zero-order chi connectivity index (χ0) is 12.3. The molecule has 1 unspecified atom stereocenters. The number of rotatable bonds is 4. The van der Waals surface area contributed by atoms with Gasteiger partial charge in [-0.3, -0.25) is 4.79 Å². The molecule has 0 aromatic rings. The van der Waals surface area contributed by atoms with Gasteiger partial charge in [-0.2, -0.15) is 0 Å². The van der Waals surface area contributed by atoms with Crippen molar-refractivity contribution < 1.29 is 19.8 Å². The lowest BCUT2D eigenvalue weighted by Gasteiger charge is -2.21. The summed E-state index contributed by atoms with van der Waals surface area (Å²) in [5.41, 5.74) is 0. The van der Waals surface area contributed by atoms with Crippen molar-refractivity contribution in [2.75, 3.05) is 27.2 Å². The molecule has 1 rings (SSSR count). The standard InChI is InChI=1S/C10H18N2O4/c1-11(2)4-3-9(14)12-6-7(13)5-8(12)10(15)16/h7-8,13H,3-6H2,1-2H3,(H,15,16)/t7?,8-/m0/s1. The molecular weight excluding hydrogens is 212 g/mol. The first-order chi connectivity index (χ1) is 7.41. The van der Waals surface area contributed by atoms with E-state index in [4.69, 9.17) is 5.11 Å². The van der Waals surface area contributed by atoms with Crippen LogP contribution in [0.4, 0.5) is 0 Å². The summed E-state index contributed by atoms with van der Waals surface area (Å²) >= 11 is 0. The summed E-state index contributed by atoms with van der Waals surface area (Å²) in [6.45, 7) is 0.709. The molecule has 0 radical (unpaired) electrons. The predicted octanol–water partition coefficient (Wildman–Crippen LogP) is -1.02. The SMILES string of the molecule is CN(C)CCC(=O)N1CC(O)C[C@H]1C(=O)O. The van der Waals surface area contributed by atoms with Gasteiger partial charge in [0.15, 0.2) is 0 Å². The van der Waals surface area contributed by atoms with E-state index in [-0.39, 0.29) is 25.3 Å². The van der Waals surface area contributed by atoms with E-state index >= 15 is 0 Å². The monoisotopic (exact) mass is 230 g/mol. The van der Waals surface area contributed by atoms with Crippen LogP contribution in [0.5, 0.6) is 0 Å². The Morgan fingerprint density at radius 2 is 2.06 bits per heavy atom. The molecule has 1 saturated heterocycles. The molecule has 0 spiro atoms. The van der Waals surface area contributed by atoms with Crippen LogP contribution >= 0.6 is 0 Å².